The van der Waals surface area contributed by atoms with Crippen LogP contribution in [0.4, 0.5) is 0 Å². The van der Waals surface area contributed by atoms with Gasteiger partial charge in [-0.2, -0.15) is 5.10 Å². The van der Waals surface area contributed by atoms with Crippen LogP contribution in [-0.2, 0) is 16.6 Å². The van der Waals surface area contributed by atoms with Crippen LogP contribution < -0.4 is 0 Å². The fraction of sp³-hybridized carbons (Fsp3) is 0.273. The maximum atomic E-state index is 12.0. The summed E-state index contributed by atoms with van der Waals surface area (Å²) in [6, 6.07) is 0. The van der Waals surface area contributed by atoms with E-state index in [0.29, 0.717) is 4.91 Å². The van der Waals surface area contributed by atoms with Gasteiger partial charge in [0, 0.05) is 18.8 Å². The molecule has 0 spiro atoms. The van der Waals surface area contributed by atoms with E-state index in [1.54, 1.807) is 24.0 Å². The highest BCUT2D eigenvalue weighted by atomic mass is 32.2. The van der Waals surface area contributed by atoms with Crippen LogP contribution in [0.3, 0.4) is 0 Å². The number of rotatable bonds is 3. The van der Waals surface area contributed by atoms with Gasteiger partial charge in [0.25, 0.3) is 5.91 Å². The summed E-state index contributed by atoms with van der Waals surface area (Å²) in [6.07, 6.45) is 3.47. The molecule has 1 aromatic heterocycles. The predicted molar refractivity (Wildman–Crippen MR) is 75.5 cm³/mol. The summed E-state index contributed by atoms with van der Waals surface area (Å²) in [5.74, 6) is -1.46. The molecule has 0 saturated carbocycles. The summed E-state index contributed by atoms with van der Waals surface area (Å²) < 4.78 is 1.92. The third kappa shape index (κ3) is 2.85. The van der Waals surface area contributed by atoms with E-state index < -0.39 is 12.5 Å². The number of hydrogen-bond donors (Lipinski definition) is 1. The molecule has 8 heteroatoms. The zero-order valence-electron chi connectivity index (χ0n) is 10.3. The molecule has 1 aliphatic rings. The molecule has 0 bridgehead atoms. The zero-order valence-corrected chi connectivity index (χ0v) is 11.9. The highest BCUT2D eigenvalue weighted by Gasteiger charge is 2.33. The lowest BCUT2D eigenvalue weighted by Crippen LogP contribution is -2.33. The Morgan fingerprint density at radius 2 is 2.32 bits per heavy atom. The number of carboxylic acid groups (broad SMARTS) is 1. The molecule has 2 rings (SSSR count). The molecular weight excluding hydrogens is 286 g/mol. The average Bonchev–Trinajstić information content (AvgIpc) is 2.74. The minimum Gasteiger partial charge on any atom is -0.480 e. The molecule has 0 atom stereocenters. The molecule has 100 valence electrons. The van der Waals surface area contributed by atoms with Crippen LogP contribution >= 0.6 is 24.0 Å². The number of aromatic nitrogens is 2. The second-order valence-corrected chi connectivity index (χ2v) is 5.68. The maximum Gasteiger partial charge on any atom is 0.323 e. The number of aryl methyl sites for hydroxylation is 2. The Hall–Kier alpha value is -1.67. The molecule has 19 heavy (non-hydrogen) atoms. The van der Waals surface area contributed by atoms with Crippen molar-refractivity contribution in [3.8, 4) is 0 Å². The van der Waals surface area contributed by atoms with Gasteiger partial charge in [-0.15, -0.1) is 0 Å². The second-order valence-electron chi connectivity index (χ2n) is 4.01. The molecule has 1 aromatic rings. The van der Waals surface area contributed by atoms with Gasteiger partial charge in [-0.25, -0.2) is 0 Å². The van der Waals surface area contributed by atoms with Gasteiger partial charge < -0.3 is 5.11 Å². The van der Waals surface area contributed by atoms with E-state index in [4.69, 9.17) is 17.3 Å². The van der Waals surface area contributed by atoms with Crippen LogP contribution in [0.25, 0.3) is 6.08 Å². The molecule has 1 fully saturated rings. The van der Waals surface area contributed by atoms with Gasteiger partial charge in [0.2, 0.25) is 0 Å². The topological polar surface area (TPSA) is 75.4 Å². The Balaban J connectivity index is 2.28. The van der Waals surface area contributed by atoms with Crippen LogP contribution in [0.5, 0.6) is 0 Å². The van der Waals surface area contributed by atoms with Crippen molar-refractivity contribution in [2.45, 2.75) is 6.92 Å². The lowest BCUT2D eigenvalue weighted by molar-refractivity contribution is -0.140. The molecule has 1 aliphatic heterocycles. The Labute approximate surface area is 119 Å². The van der Waals surface area contributed by atoms with E-state index in [1.165, 1.54) is 0 Å². The first-order chi connectivity index (χ1) is 8.88. The summed E-state index contributed by atoms with van der Waals surface area (Å²) >= 11 is 6.12. The fourth-order valence-corrected chi connectivity index (χ4v) is 2.92. The Bertz CT molecular complexity index is 606. The monoisotopic (exact) mass is 297 g/mol. The molecular formula is C11H11N3O3S2. The first-order valence-electron chi connectivity index (χ1n) is 5.36. The number of hydrogen-bond acceptors (Lipinski definition) is 5. The van der Waals surface area contributed by atoms with Crippen molar-refractivity contribution in [3.05, 3.63) is 22.4 Å². The fourth-order valence-electron chi connectivity index (χ4n) is 1.67. The first kappa shape index (κ1) is 13.8. The number of amides is 1. The van der Waals surface area contributed by atoms with Crippen LogP contribution in [-0.4, -0.2) is 42.5 Å². The van der Waals surface area contributed by atoms with E-state index in [0.717, 1.165) is 27.9 Å². The van der Waals surface area contributed by atoms with Gasteiger partial charge in [0.15, 0.2) is 0 Å². The number of aliphatic carboxylic acids is 1. The van der Waals surface area contributed by atoms with Crippen LogP contribution in [0.15, 0.2) is 11.1 Å². The average molecular weight is 297 g/mol. The number of carbonyl (C=O) groups excluding carboxylic acids is 1. The highest BCUT2D eigenvalue weighted by molar-refractivity contribution is 8.26. The standard InChI is InChI=1S/C11H11N3O3S2/c1-6-7(4-13(2)12-6)3-8-10(17)14(5-9(15)16)11(18)19-8/h3-4H,5H2,1-2H3,(H,15,16). The number of carbonyl (C=O) groups is 2. The Morgan fingerprint density at radius 3 is 2.84 bits per heavy atom. The van der Waals surface area contributed by atoms with Crippen molar-refractivity contribution in [2.75, 3.05) is 6.54 Å². The van der Waals surface area contributed by atoms with Gasteiger partial charge in [0.1, 0.15) is 10.9 Å². The minimum atomic E-state index is -1.09. The molecule has 1 saturated heterocycles. The van der Waals surface area contributed by atoms with Gasteiger partial charge >= 0.3 is 5.97 Å². The van der Waals surface area contributed by atoms with Crippen molar-refractivity contribution in [3.63, 3.8) is 0 Å². The van der Waals surface area contributed by atoms with Crippen molar-refractivity contribution in [1.29, 1.82) is 0 Å². The van der Waals surface area contributed by atoms with E-state index in [2.05, 4.69) is 5.10 Å². The molecule has 0 aromatic carbocycles. The Morgan fingerprint density at radius 1 is 1.63 bits per heavy atom. The summed E-state index contributed by atoms with van der Waals surface area (Å²) in [6.45, 7) is 1.43. The molecule has 6 nitrogen and oxygen atoms in total. The summed E-state index contributed by atoms with van der Waals surface area (Å²) in [7, 11) is 1.79. The van der Waals surface area contributed by atoms with Crippen molar-refractivity contribution in [2.24, 2.45) is 7.05 Å². The van der Waals surface area contributed by atoms with Crippen LogP contribution in [0, 0.1) is 6.92 Å². The van der Waals surface area contributed by atoms with Crippen molar-refractivity contribution >= 4 is 46.3 Å². The smallest absolute Gasteiger partial charge is 0.323 e. The second kappa shape index (κ2) is 5.14. The zero-order chi connectivity index (χ0) is 14.2. The summed E-state index contributed by atoms with van der Waals surface area (Å²) in [5, 5.41) is 12.9. The van der Waals surface area contributed by atoms with Gasteiger partial charge in [-0.05, 0) is 13.0 Å². The molecule has 0 unspecified atom stereocenters. The van der Waals surface area contributed by atoms with E-state index in [1.807, 2.05) is 6.92 Å². The molecule has 0 aliphatic carbocycles. The van der Waals surface area contributed by atoms with Crippen LogP contribution in [0.1, 0.15) is 11.3 Å². The van der Waals surface area contributed by atoms with Gasteiger partial charge in [-0.3, -0.25) is 19.2 Å². The highest BCUT2D eigenvalue weighted by Crippen LogP contribution is 2.32. The largest absolute Gasteiger partial charge is 0.480 e. The molecule has 1 amide bonds. The number of thioether (sulfide) groups is 1. The minimum absolute atomic E-state index is 0.264. The van der Waals surface area contributed by atoms with Crippen molar-refractivity contribution in [1.82, 2.24) is 14.7 Å². The van der Waals surface area contributed by atoms with Gasteiger partial charge in [-0.1, -0.05) is 24.0 Å². The number of nitrogens with zero attached hydrogens (tertiary/aromatic N) is 3. The Kier molecular flexibility index (Phi) is 3.72. The lowest BCUT2D eigenvalue weighted by Gasteiger charge is -2.10. The molecule has 2 heterocycles. The normalized spacial score (nSPS) is 17.6. The third-order valence-corrected chi connectivity index (χ3v) is 3.88. The van der Waals surface area contributed by atoms with E-state index in [-0.39, 0.29) is 10.2 Å². The van der Waals surface area contributed by atoms with Crippen LogP contribution in [0.2, 0.25) is 0 Å². The first-order valence-corrected chi connectivity index (χ1v) is 6.58. The van der Waals surface area contributed by atoms with Gasteiger partial charge in [0.05, 0.1) is 10.6 Å². The third-order valence-electron chi connectivity index (χ3n) is 2.50. The summed E-state index contributed by atoms with van der Waals surface area (Å²) in [5.41, 5.74) is 1.62. The number of carboxylic acids is 1. The quantitative estimate of drug-likeness (QED) is 0.663. The summed E-state index contributed by atoms with van der Waals surface area (Å²) in [4.78, 5) is 24.2. The maximum absolute atomic E-state index is 12.0. The van der Waals surface area contributed by atoms with E-state index >= 15 is 0 Å². The molecule has 1 N–H and O–H groups in total. The predicted octanol–water partition coefficient (Wildman–Crippen LogP) is 1.01. The lowest BCUT2D eigenvalue weighted by atomic mass is 10.2. The van der Waals surface area contributed by atoms with Crippen molar-refractivity contribution < 1.29 is 14.7 Å². The van der Waals surface area contributed by atoms with E-state index in [9.17, 15) is 9.59 Å². The SMILES string of the molecule is Cc1nn(C)cc1C=C1SC(=S)N(CC(=O)O)C1=O. The number of thiocarbonyl (C=S) groups is 1. The molecule has 0 radical (unpaired) electrons.